The van der Waals surface area contributed by atoms with Crippen LogP contribution in [0.4, 0.5) is 0 Å². The predicted octanol–water partition coefficient (Wildman–Crippen LogP) is 1.62. The maximum Gasteiger partial charge on any atom is 0.251 e. The van der Waals surface area contributed by atoms with Gasteiger partial charge in [-0.3, -0.25) is 9.79 Å². The number of nitrogens with one attached hydrogen (secondary N) is 3. The Balaban J connectivity index is 0.00000441. The quantitative estimate of drug-likeness (QED) is 0.271. The van der Waals surface area contributed by atoms with Gasteiger partial charge in [-0.05, 0) is 30.7 Å². The van der Waals surface area contributed by atoms with E-state index in [0.717, 1.165) is 24.7 Å². The van der Waals surface area contributed by atoms with Gasteiger partial charge in [0.1, 0.15) is 5.75 Å². The number of hydrogen-bond acceptors (Lipinski definition) is 3. The first-order valence-corrected chi connectivity index (χ1v) is 7.08. The highest BCUT2D eigenvalue weighted by molar-refractivity contribution is 14.0. The van der Waals surface area contributed by atoms with Gasteiger partial charge in [0.15, 0.2) is 5.96 Å². The highest BCUT2D eigenvalue weighted by atomic mass is 127. The van der Waals surface area contributed by atoms with E-state index in [1.165, 1.54) is 0 Å². The zero-order valence-corrected chi connectivity index (χ0v) is 15.6. The molecule has 0 bridgehead atoms. The van der Waals surface area contributed by atoms with Crippen molar-refractivity contribution in [2.75, 3.05) is 33.8 Å². The molecule has 0 fully saturated rings. The van der Waals surface area contributed by atoms with Crippen LogP contribution >= 0.6 is 24.0 Å². The summed E-state index contributed by atoms with van der Waals surface area (Å²) in [5.74, 6) is 1.38. The first-order valence-electron chi connectivity index (χ1n) is 7.08. The summed E-state index contributed by atoms with van der Waals surface area (Å²) in [6.45, 7) is 4.11. The molecule has 0 aliphatic rings. The molecule has 124 valence electrons. The molecular weight excluding hydrogens is 395 g/mol. The summed E-state index contributed by atoms with van der Waals surface area (Å²) in [5, 5.41) is 9.14. The Morgan fingerprint density at radius 3 is 2.23 bits per heavy atom. The third-order valence-electron chi connectivity index (χ3n) is 2.82. The lowest BCUT2D eigenvalue weighted by molar-refractivity contribution is 0.0954. The number of hydrogen-bond donors (Lipinski definition) is 3. The van der Waals surface area contributed by atoms with Crippen molar-refractivity contribution in [3.05, 3.63) is 29.8 Å². The number of rotatable bonds is 7. The first-order chi connectivity index (χ1) is 10.2. The second kappa shape index (κ2) is 12.1. The van der Waals surface area contributed by atoms with E-state index >= 15 is 0 Å². The highest BCUT2D eigenvalue weighted by Gasteiger charge is 2.04. The van der Waals surface area contributed by atoms with Crippen molar-refractivity contribution in [3.8, 4) is 5.75 Å². The lowest BCUT2D eigenvalue weighted by atomic mass is 10.2. The number of halogens is 1. The van der Waals surface area contributed by atoms with Crippen LogP contribution in [0.3, 0.4) is 0 Å². The monoisotopic (exact) mass is 420 g/mol. The Bertz CT molecular complexity index is 463. The van der Waals surface area contributed by atoms with E-state index in [0.29, 0.717) is 18.7 Å². The van der Waals surface area contributed by atoms with E-state index in [4.69, 9.17) is 4.74 Å². The third-order valence-corrected chi connectivity index (χ3v) is 2.82. The molecule has 0 heterocycles. The van der Waals surface area contributed by atoms with Crippen molar-refractivity contribution in [2.45, 2.75) is 13.3 Å². The Labute approximate surface area is 149 Å². The number of methoxy groups -OCH3 is 1. The third kappa shape index (κ3) is 7.48. The SMILES string of the molecule is CCCNC(=NC)NCCNC(=O)c1ccc(OC)cc1.I. The molecule has 0 unspecified atom stereocenters. The van der Waals surface area contributed by atoms with Crippen LogP contribution in [0.25, 0.3) is 0 Å². The number of benzene rings is 1. The molecule has 0 saturated carbocycles. The minimum Gasteiger partial charge on any atom is -0.497 e. The van der Waals surface area contributed by atoms with E-state index in [1.54, 1.807) is 38.4 Å². The Morgan fingerprint density at radius 1 is 1.09 bits per heavy atom. The van der Waals surface area contributed by atoms with Gasteiger partial charge < -0.3 is 20.7 Å². The Hall–Kier alpha value is -1.51. The fourth-order valence-electron chi connectivity index (χ4n) is 1.67. The standard InChI is InChI=1S/C15H24N4O2.HI/c1-4-9-18-15(16-2)19-11-10-17-14(20)12-5-7-13(21-3)8-6-12;/h5-8H,4,9-11H2,1-3H3,(H,17,20)(H2,16,18,19);1H. The summed E-state index contributed by atoms with van der Waals surface area (Å²) in [4.78, 5) is 16.0. The lowest BCUT2D eigenvalue weighted by Gasteiger charge is -2.11. The predicted molar refractivity (Wildman–Crippen MR) is 100 cm³/mol. The molecule has 6 nitrogen and oxygen atoms in total. The molecule has 0 aliphatic heterocycles. The summed E-state index contributed by atoms with van der Waals surface area (Å²) < 4.78 is 5.06. The van der Waals surface area contributed by atoms with Crippen molar-refractivity contribution in [1.82, 2.24) is 16.0 Å². The van der Waals surface area contributed by atoms with Crippen molar-refractivity contribution in [1.29, 1.82) is 0 Å². The van der Waals surface area contributed by atoms with Crippen molar-refractivity contribution in [2.24, 2.45) is 4.99 Å². The minimum absolute atomic E-state index is 0. The van der Waals surface area contributed by atoms with E-state index in [2.05, 4.69) is 27.9 Å². The van der Waals surface area contributed by atoms with E-state index < -0.39 is 0 Å². The molecule has 22 heavy (non-hydrogen) atoms. The smallest absolute Gasteiger partial charge is 0.251 e. The number of amides is 1. The Kier molecular flexibility index (Phi) is 11.2. The summed E-state index contributed by atoms with van der Waals surface area (Å²) in [7, 11) is 3.32. The molecule has 1 aromatic rings. The molecule has 7 heteroatoms. The van der Waals surface area contributed by atoms with Crippen LogP contribution in [-0.4, -0.2) is 45.7 Å². The van der Waals surface area contributed by atoms with Crippen LogP contribution < -0.4 is 20.7 Å². The van der Waals surface area contributed by atoms with Crippen LogP contribution in [-0.2, 0) is 0 Å². The van der Waals surface area contributed by atoms with Gasteiger partial charge in [-0.15, -0.1) is 24.0 Å². The number of guanidine groups is 1. The fraction of sp³-hybridized carbons (Fsp3) is 0.467. The van der Waals surface area contributed by atoms with E-state index in [9.17, 15) is 4.79 Å². The van der Waals surface area contributed by atoms with Crippen LogP contribution in [0.2, 0.25) is 0 Å². The zero-order valence-electron chi connectivity index (χ0n) is 13.3. The molecule has 0 aromatic heterocycles. The van der Waals surface area contributed by atoms with Crippen LogP contribution in [0.1, 0.15) is 23.7 Å². The number of nitrogens with zero attached hydrogens (tertiary/aromatic N) is 1. The lowest BCUT2D eigenvalue weighted by Crippen LogP contribution is -2.41. The van der Waals surface area contributed by atoms with Gasteiger partial charge in [0, 0.05) is 32.2 Å². The second-order valence-corrected chi connectivity index (χ2v) is 4.41. The summed E-state index contributed by atoms with van der Waals surface area (Å²) in [6, 6.07) is 7.01. The zero-order chi connectivity index (χ0) is 15.5. The second-order valence-electron chi connectivity index (χ2n) is 4.41. The van der Waals surface area contributed by atoms with Crippen LogP contribution in [0.5, 0.6) is 5.75 Å². The molecule has 1 aromatic carbocycles. The number of carbonyl (C=O) groups is 1. The van der Waals surface area contributed by atoms with Gasteiger partial charge in [0.2, 0.25) is 0 Å². The van der Waals surface area contributed by atoms with Gasteiger partial charge in [-0.1, -0.05) is 6.92 Å². The summed E-state index contributed by atoms with van der Waals surface area (Å²) >= 11 is 0. The average molecular weight is 420 g/mol. The van der Waals surface area contributed by atoms with Gasteiger partial charge in [-0.2, -0.15) is 0 Å². The molecule has 0 atom stereocenters. The highest BCUT2D eigenvalue weighted by Crippen LogP contribution is 2.10. The van der Waals surface area contributed by atoms with Crippen molar-refractivity contribution in [3.63, 3.8) is 0 Å². The Morgan fingerprint density at radius 2 is 1.68 bits per heavy atom. The maximum atomic E-state index is 11.9. The minimum atomic E-state index is -0.101. The van der Waals surface area contributed by atoms with Crippen molar-refractivity contribution < 1.29 is 9.53 Å². The largest absolute Gasteiger partial charge is 0.497 e. The summed E-state index contributed by atoms with van der Waals surface area (Å²) in [5.41, 5.74) is 0.615. The number of carbonyl (C=O) groups excluding carboxylic acids is 1. The van der Waals surface area contributed by atoms with Gasteiger partial charge in [0.05, 0.1) is 7.11 Å². The molecule has 3 N–H and O–H groups in total. The number of aliphatic imine (C=N–C) groups is 1. The van der Waals surface area contributed by atoms with Gasteiger partial charge in [0.25, 0.3) is 5.91 Å². The normalized spacial score (nSPS) is 10.4. The fourth-order valence-corrected chi connectivity index (χ4v) is 1.67. The molecule has 1 amide bonds. The first kappa shape index (κ1) is 20.5. The van der Waals surface area contributed by atoms with Gasteiger partial charge >= 0.3 is 0 Å². The summed E-state index contributed by atoms with van der Waals surface area (Å²) in [6.07, 6.45) is 1.04. The molecule has 0 aliphatic carbocycles. The molecular formula is C15H25IN4O2. The molecule has 0 spiro atoms. The van der Waals surface area contributed by atoms with Crippen LogP contribution in [0, 0.1) is 0 Å². The number of ether oxygens (including phenoxy) is 1. The molecule has 0 saturated heterocycles. The maximum absolute atomic E-state index is 11.9. The van der Waals surface area contributed by atoms with Crippen molar-refractivity contribution >= 4 is 35.8 Å². The van der Waals surface area contributed by atoms with Gasteiger partial charge in [-0.25, -0.2) is 0 Å². The van der Waals surface area contributed by atoms with E-state index in [1.807, 2.05) is 0 Å². The average Bonchev–Trinajstić information content (AvgIpc) is 2.54. The molecule has 1 rings (SSSR count). The molecule has 0 radical (unpaired) electrons. The topological polar surface area (TPSA) is 74.8 Å². The van der Waals surface area contributed by atoms with Crippen LogP contribution in [0.15, 0.2) is 29.3 Å². The van der Waals surface area contributed by atoms with E-state index in [-0.39, 0.29) is 29.9 Å².